The second kappa shape index (κ2) is 11.5. The lowest BCUT2D eigenvalue weighted by molar-refractivity contribution is -0.114. The van der Waals surface area contributed by atoms with Gasteiger partial charge in [-0.2, -0.15) is 0 Å². The molecular formula is C21H25N3O5. The Morgan fingerprint density at radius 3 is 2.10 bits per heavy atom. The molecule has 0 heterocycles. The third kappa shape index (κ3) is 7.27. The number of benzene rings is 2. The van der Waals surface area contributed by atoms with Gasteiger partial charge in [0.15, 0.2) is 0 Å². The summed E-state index contributed by atoms with van der Waals surface area (Å²) in [5, 5.41) is 8.54. The number of hydrogen-bond donors (Lipinski definition) is 3. The first-order valence-corrected chi connectivity index (χ1v) is 9.13. The molecule has 0 aliphatic heterocycles. The van der Waals surface area contributed by atoms with Crippen LogP contribution in [0.3, 0.4) is 0 Å². The number of methoxy groups -OCH3 is 2. The molecule has 3 N–H and O–H groups in total. The van der Waals surface area contributed by atoms with E-state index in [-0.39, 0.29) is 18.4 Å². The normalized spacial score (nSPS) is 10.1. The van der Waals surface area contributed by atoms with Gasteiger partial charge in [-0.25, -0.2) is 4.79 Å². The Balaban J connectivity index is 1.78. The van der Waals surface area contributed by atoms with Crippen molar-refractivity contribution in [2.24, 2.45) is 0 Å². The van der Waals surface area contributed by atoms with E-state index in [0.29, 0.717) is 30.0 Å². The van der Waals surface area contributed by atoms with Gasteiger partial charge in [0.1, 0.15) is 0 Å². The first-order valence-electron chi connectivity index (χ1n) is 9.13. The Kier molecular flexibility index (Phi) is 8.65. The number of rotatable bonds is 10. The SMILES string of the molecule is COCCCNC(=O)c1ccc(NCC(=O)Nc2ccc(C(=O)OC)cc2)cc1. The van der Waals surface area contributed by atoms with Crippen molar-refractivity contribution in [3.63, 3.8) is 0 Å². The lowest BCUT2D eigenvalue weighted by Crippen LogP contribution is -2.25. The summed E-state index contributed by atoms with van der Waals surface area (Å²) < 4.78 is 9.57. The van der Waals surface area contributed by atoms with Crippen molar-refractivity contribution in [3.05, 3.63) is 59.7 Å². The van der Waals surface area contributed by atoms with Crippen molar-refractivity contribution in [2.45, 2.75) is 6.42 Å². The molecule has 0 aromatic heterocycles. The molecule has 0 atom stereocenters. The van der Waals surface area contributed by atoms with Gasteiger partial charge in [-0.15, -0.1) is 0 Å². The van der Waals surface area contributed by atoms with Crippen LogP contribution in [0, 0.1) is 0 Å². The number of ether oxygens (including phenoxy) is 2. The first kappa shape index (κ1) is 21.9. The van der Waals surface area contributed by atoms with Crippen LogP contribution in [-0.4, -0.2) is 51.7 Å². The Hall–Kier alpha value is -3.39. The summed E-state index contributed by atoms with van der Waals surface area (Å²) in [4.78, 5) is 35.5. The quantitative estimate of drug-likeness (QED) is 0.418. The largest absolute Gasteiger partial charge is 0.465 e. The molecule has 0 aliphatic rings. The Labute approximate surface area is 169 Å². The average Bonchev–Trinajstić information content (AvgIpc) is 2.75. The lowest BCUT2D eigenvalue weighted by atomic mass is 10.2. The maximum absolute atomic E-state index is 12.1. The fraction of sp³-hybridized carbons (Fsp3) is 0.286. The van der Waals surface area contributed by atoms with Gasteiger partial charge < -0.3 is 25.4 Å². The molecule has 2 amide bonds. The number of amides is 2. The molecule has 0 spiro atoms. The molecule has 8 nitrogen and oxygen atoms in total. The van der Waals surface area contributed by atoms with Crippen LogP contribution >= 0.6 is 0 Å². The molecule has 0 saturated carbocycles. The molecule has 8 heteroatoms. The van der Waals surface area contributed by atoms with Crippen molar-refractivity contribution < 1.29 is 23.9 Å². The monoisotopic (exact) mass is 399 g/mol. The molecule has 29 heavy (non-hydrogen) atoms. The summed E-state index contributed by atoms with van der Waals surface area (Å²) in [6, 6.07) is 13.3. The van der Waals surface area contributed by atoms with Crippen LogP contribution < -0.4 is 16.0 Å². The zero-order chi connectivity index (χ0) is 21.1. The molecular weight excluding hydrogens is 374 g/mol. The van der Waals surface area contributed by atoms with E-state index < -0.39 is 5.97 Å². The first-order chi connectivity index (χ1) is 14.0. The molecule has 0 fully saturated rings. The smallest absolute Gasteiger partial charge is 0.337 e. The summed E-state index contributed by atoms with van der Waals surface area (Å²) >= 11 is 0. The van der Waals surface area contributed by atoms with Gasteiger partial charge in [0, 0.05) is 37.2 Å². The second-order valence-corrected chi connectivity index (χ2v) is 6.15. The van der Waals surface area contributed by atoms with E-state index in [1.807, 2.05) is 0 Å². The third-order valence-corrected chi connectivity index (χ3v) is 4.00. The van der Waals surface area contributed by atoms with Crippen molar-refractivity contribution in [2.75, 3.05) is 44.5 Å². The molecule has 0 aliphatic carbocycles. The number of hydrogen-bond acceptors (Lipinski definition) is 6. The van der Waals surface area contributed by atoms with E-state index in [4.69, 9.17) is 4.74 Å². The standard InChI is InChI=1S/C21H25N3O5/c1-28-13-3-12-22-20(26)15-4-8-17(9-5-15)23-14-19(25)24-18-10-6-16(7-11-18)21(27)29-2/h4-11,23H,3,12-14H2,1-2H3,(H,22,26)(H,24,25). The number of anilines is 2. The average molecular weight is 399 g/mol. The minimum Gasteiger partial charge on any atom is -0.465 e. The maximum Gasteiger partial charge on any atom is 0.337 e. The number of carbonyl (C=O) groups excluding carboxylic acids is 3. The molecule has 0 saturated heterocycles. The van der Waals surface area contributed by atoms with Gasteiger partial charge in [0.05, 0.1) is 19.2 Å². The number of carbonyl (C=O) groups is 3. The lowest BCUT2D eigenvalue weighted by Gasteiger charge is -2.09. The molecule has 0 radical (unpaired) electrons. The van der Waals surface area contributed by atoms with Gasteiger partial charge in [-0.3, -0.25) is 9.59 Å². The molecule has 0 bridgehead atoms. The molecule has 0 unspecified atom stereocenters. The molecule has 2 aromatic carbocycles. The number of nitrogens with one attached hydrogen (secondary N) is 3. The Bertz CT molecular complexity index is 819. The van der Waals surface area contributed by atoms with Crippen LogP contribution in [0.2, 0.25) is 0 Å². The van der Waals surface area contributed by atoms with Gasteiger partial charge in [-0.1, -0.05) is 0 Å². The van der Waals surface area contributed by atoms with Gasteiger partial charge >= 0.3 is 5.97 Å². The summed E-state index contributed by atoms with van der Waals surface area (Å²) in [7, 11) is 2.93. The summed E-state index contributed by atoms with van der Waals surface area (Å²) in [5.74, 6) is -0.826. The summed E-state index contributed by atoms with van der Waals surface area (Å²) in [6.07, 6.45) is 0.752. The fourth-order valence-corrected chi connectivity index (χ4v) is 2.45. The third-order valence-electron chi connectivity index (χ3n) is 4.00. The predicted octanol–water partition coefficient (Wildman–Crippen LogP) is 2.29. The summed E-state index contributed by atoms with van der Waals surface area (Å²) in [5.41, 5.74) is 2.25. The topological polar surface area (TPSA) is 106 Å². The highest BCUT2D eigenvalue weighted by Crippen LogP contribution is 2.12. The van der Waals surface area contributed by atoms with Crippen molar-refractivity contribution in [3.8, 4) is 0 Å². The van der Waals surface area contributed by atoms with E-state index in [1.165, 1.54) is 7.11 Å². The van der Waals surface area contributed by atoms with E-state index in [1.54, 1.807) is 55.6 Å². The van der Waals surface area contributed by atoms with Crippen LogP contribution in [0.1, 0.15) is 27.1 Å². The zero-order valence-corrected chi connectivity index (χ0v) is 16.5. The maximum atomic E-state index is 12.1. The van der Waals surface area contributed by atoms with E-state index >= 15 is 0 Å². The predicted molar refractivity (Wildman–Crippen MR) is 110 cm³/mol. The Morgan fingerprint density at radius 1 is 0.862 bits per heavy atom. The molecule has 2 aromatic rings. The summed E-state index contributed by atoms with van der Waals surface area (Å²) in [6.45, 7) is 1.20. The van der Waals surface area contributed by atoms with E-state index in [0.717, 1.165) is 12.1 Å². The highest BCUT2D eigenvalue weighted by molar-refractivity contribution is 5.96. The molecule has 154 valence electrons. The zero-order valence-electron chi connectivity index (χ0n) is 16.5. The van der Waals surface area contributed by atoms with Crippen LogP contribution in [-0.2, 0) is 14.3 Å². The number of esters is 1. The van der Waals surface area contributed by atoms with E-state index in [2.05, 4.69) is 20.7 Å². The van der Waals surface area contributed by atoms with Gasteiger partial charge in [0.25, 0.3) is 5.91 Å². The highest BCUT2D eigenvalue weighted by atomic mass is 16.5. The van der Waals surface area contributed by atoms with Crippen LogP contribution in [0.4, 0.5) is 11.4 Å². The minimum atomic E-state index is -0.434. The van der Waals surface area contributed by atoms with Crippen molar-refractivity contribution in [1.82, 2.24) is 5.32 Å². The van der Waals surface area contributed by atoms with Crippen LogP contribution in [0.5, 0.6) is 0 Å². The second-order valence-electron chi connectivity index (χ2n) is 6.15. The fourth-order valence-electron chi connectivity index (χ4n) is 2.45. The highest BCUT2D eigenvalue weighted by Gasteiger charge is 2.07. The molecule has 2 rings (SSSR count). The van der Waals surface area contributed by atoms with Crippen LogP contribution in [0.25, 0.3) is 0 Å². The van der Waals surface area contributed by atoms with E-state index in [9.17, 15) is 14.4 Å². The Morgan fingerprint density at radius 2 is 1.48 bits per heavy atom. The van der Waals surface area contributed by atoms with Crippen LogP contribution in [0.15, 0.2) is 48.5 Å². The van der Waals surface area contributed by atoms with Gasteiger partial charge in [0.2, 0.25) is 5.91 Å². The minimum absolute atomic E-state index is 0.0569. The van der Waals surface area contributed by atoms with Crippen molar-refractivity contribution >= 4 is 29.2 Å². The van der Waals surface area contributed by atoms with Gasteiger partial charge in [-0.05, 0) is 55.0 Å². The van der Waals surface area contributed by atoms with Crippen molar-refractivity contribution in [1.29, 1.82) is 0 Å².